The first-order valence-corrected chi connectivity index (χ1v) is 8.04. The third kappa shape index (κ3) is 2.61. The Balaban J connectivity index is 1.92. The summed E-state index contributed by atoms with van der Waals surface area (Å²) in [7, 11) is 0. The molecular formula is C15H18IN3O. The topological polar surface area (TPSA) is 64.9 Å². The van der Waals surface area contributed by atoms with E-state index in [0.717, 1.165) is 28.4 Å². The molecule has 1 aliphatic rings. The van der Waals surface area contributed by atoms with Gasteiger partial charge in [-0.2, -0.15) is 4.98 Å². The number of halogens is 1. The molecule has 0 aliphatic heterocycles. The monoisotopic (exact) mass is 383 g/mol. The largest absolute Gasteiger partial charge is 0.334 e. The lowest BCUT2D eigenvalue weighted by molar-refractivity contribution is 0.222. The van der Waals surface area contributed by atoms with Crippen molar-refractivity contribution in [3.05, 3.63) is 33.7 Å². The number of nitrogens with two attached hydrogens (primary N) is 1. The number of benzene rings is 1. The molecule has 2 unspecified atom stereocenters. The number of rotatable bonds is 2. The van der Waals surface area contributed by atoms with Crippen LogP contribution in [0.5, 0.6) is 0 Å². The van der Waals surface area contributed by atoms with Gasteiger partial charge < -0.3 is 10.3 Å². The van der Waals surface area contributed by atoms with Crippen molar-refractivity contribution in [2.24, 2.45) is 11.7 Å². The van der Waals surface area contributed by atoms with Gasteiger partial charge in [-0.3, -0.25) is 0 Å². The van der Waals surface area contributed by atoms with Gasteiger partial charge >= 0.3 is 0 Å². The van der Waals surface area contributed by atoms with Gasteiger partial charge in [-0.25, -0.2) is 0 Å². The molecule has 1 aromatic carbocycles. The van der Waals surface area contributed by atoms with Gasteiger partial charge in [0.15, 0.2) is 5.82 Å². The molecule has 1 saturated carbocycles. The summed E-state index contributed by atoms with van der Waals surface area (Å²) in [6.07, 6.45) is 4.23. The molecule has 2 N–H and O–H groups in total. The van der Waals surface area contributed by atoms with Crippen molar-refractivity contribution in [1.29, 1.82) is 0 Å². The van der Waals surface area contributed by atoms with E-state index in [1.165, 1.54) is 6.42 Å². The summed E-state index contributed by atoms with van der Waals surface area (Å²) in [5, 5.41) is 4.15. The lowest BCUT2D eigenvalue weighted by Crippen LogP contribution is -2.42. The molecule has 5 heteroatoms. The van der Waals surface area contributed by atoms with Crippen molar-refractivity contribution in [3.8, 4) is 11.5 Å². The van der Waals surface area contributed by atoms with Crippen LogP contribution in [0.3, 0.4) is 0 Å². The highest BCUT2D eigenvalue weighted by atomic mass is 127. The third-order valence-corrected chi connectivity index (χ3v) is 4.95. The van der Waals surface area contributed by atoms with Crippen LogP contribution in [-0.2, 0) is 5.54 Å². The van der Waals surface area contributed by atoms with Gasteiger partial charge in [0.05, 0.1) is 11.1 Å². The number of hydrogen-bond donors (Lipinski definition) is 1. The van der Waals surface area contributed by atoms with E-state index in [4.69, 9.17) is 10.3 Å². The van der Waals surface area contributed by atoms with E-state index in [1.54, 1.807) is 0 Å². The highest BCUT2D eigenvalue weighted by Gasteiger charge is 2.37. The molecule has 0 spiro atoms. The van der Waals surface area contributed by atoms with Gasteiger partial charge in [-0.05, 0) is 53.5 Å². The Kier molecular flexibility index (Phi) is 3.81. The van der Waals surface area contributed by atoms with Crippen molar-refractivity contribution in [2.75, 3.05) is 0 Å². The van der Waals surface area contributed by atoms with Crippen molar-refractivity contribution in [2.45, 2.75) is 38.1 Å². The summed E-state index contributed by atoms with van der Waals surface area (Å²) in [6, 6.07) is 7.99. The van der Waals surface area contributed by atoms with Gasteiger partial charge in [-0.15, -0.1) is 0 Å². The average molecular weight is 383 g/mol. The SMILES string of the molecule is CC1CCCC(N)(c2noc(-c3ccccc3I)n2)C1. The van der Waals surface area contributed by atoms with Crippen molar-refractivity contribution in [1.82, 2.24) is 10.1 Å². The Hall–Kier alpha value is -0.950. The summed E-state index contributed by atoms with van der Waals surface area (Å²) in [5.41, 5.74) is 7.05. The van der Waals surface area contributed by atoms with E-state index in [9.17, 15) is 0 Å². The minimum absolute atomic E-state index is 0.431. The first-order valence-electron chi connectivity index (χ1n) is 6.96. The summed E-state index contributed by atoms with van der Waals surface area (Å²) < 4.78 is 6.54. The Morgan fingerprint density at radius 1 is 1.40 bits per heavy atom. The van der Waals surface area contributed by atoms with E-state index in [2.05, 4.69) is 39.7 Å². The van der Waals surface area contributed by atoms with Crippen LogP contribution in [0, 0.1) is 9.49 Å². The molecule has 1 heterocycles. The van der Waals surface area contributed by atoms with Crippen LogP contribution < -0.4 is 5.73 Å². The van der Waals surface area contributed by atoms with Crippen LogP contribution in [0.1, 0.15) is 38.4 Å². The van der Waals surface area contributed by atoms with Crippen molar-refractivity contribution < 1.29 is 4.52 Å². The normalized spacial score (nSPS) is 26.6. The van der Waals surface area contributed by atoms with Crippen LogP contribution in [0.25, 0.3) is 11.5 Å². The lowest BCUT2D eigenvalue weighted by atomic mass is 9.76. The van der Waals surface area contributed by atoms with Crippen LogP contribution in [0.4, 0.5) is 0 Å². The predicted molar refractivity (Wildman–Crippen MR) is 85.9 cm³/mol. The number of nitrogens with zero attached hydrogens (tertiary/aromatic N) is 2. The van der Waals surface area contributed by atoms with E-state index in [1.807, 2.05) is 24.3 Å². The second-order valence-electron chi connectivity index (χ2n) is 5.76. The fraction of sp³-hybridized carbons (Fsp3) is 0.467. The molecule has 2 aromatic rings. The second kappa shape index (κ2) is 5.44. The molecule has 20 heavy (non-hydrogen) atoms. The Morgan fingerprint density at radius 2 is 2.20 bits per heavy atom. The van der Waals surface area contributed by atoms with Gasteiger partial charge in [0.1, 0.15) is 0 Å². The molecule has 1 aliphatic carbocycles. The van der Waals surface area contributed by atoms with Crippen molar-refractivity contribution >= 4 is 22.6 Å². The zero-order chi connectivity index (χ0) is 14.2. The fourth-order valence-electron chi connectivity index (χ4n) is 2.96. The minimum atomic E-state index is -0.431. The van der Waals surface area contributed by atoms with Gasteiger partial charge in [0.2, 0.25) is 0 Å². The zero-order valence-corrected chi connectivity index (χ0v) is 13.6. The van der Waals surface area contributed by atoms with Crippen molar-refractivity contribution in [3.63, 3.8) is 0 Å². The van der Waals surface area contributed by atoms with Gasteiger partial charge in [0.25, 0.3) is 5.89 Å². The van der Waals surface area contributed by atoms with E-state index in [0.29, 0.717) is 17.6 Å². The highest BCUT2D eigenvalue weighted by molar-refractivity contribution is 14.1. The standard InChI is InChI=1S/C15H18IN3O/c1-10-5-4-8-15(17,9-10)14-18-13(20-19-14)11-6-2-3-7-12(11)16/h2-3,6-7,10H,4-5,8-9,17H2,1H3. The first-order chi connectivity index (χ1) is 9.58. The van der Waals surface area contributed by atoms with Gasteiger partial charge in [-0.1, -0.05) is 37.1 Å². The molecule has 1 fully saturated rings. The van der Waals surface area contributed by atoms with Crippen LogP contribution >= 0.6 is 22.6 Å². The van der Waals surface area contributed by atoms with E-state index in [-0.39, 0.29) is 0 Å². The lowest BCUT2D eigenvalue weighted by Gasteiger charge is -2.33. The Labute approximate surface area is 132 Å². The van der Waals surface area contributed by atoms with Crippen LogP contribution in [-0.4, -0.2) is 10.1 Å². The zero-order valence-electron chi connectivity index (χ0n) is 11.5. The van der Waals surface area contributed by atoms with Crippen LogP contribution in [0.15, 0.2) is 28.8 Å². The van der Waals surface area contributed by atoms with Gasteiger partial charge in [0, 0.05) is 3.57 Å². The van der Waals surface area contributed by atoms with Crippen LogP contribution in [0.2, 0.25) is 0 Å². The fourth-order valence-corrected chi connectivity index (χ4v) is 3.58. The third-order valence-electron chi connectivity index (χ3n) is 4.01. The molecule has 0 saturated heterocycles. The molecule has 4 nitrogen and oxygen atoms in total. The smallest absolute Gasteiger partial charge is 0.259 e. The maximum Gasteiger partial charge on any atom is 0.259 e. The predicted octanol–water partition coefficient (Wildman–Crippen LogP) is 3.71. The molecule has 106 valence electrons. The molecule has 0 bridgehead atoms. The summed E-state index contributed by atoms with van der Waals surface area (Å²) in [6.45, 7) is 2.24. The Morgan fingerprint density at radius 3 is 2.95 bits per heavy atom. The second-order valence-corrected chi connectivity index (χ2v) is 6.92. The van der Waals surface area contributed by atoms with E-state index >= 15 is 0 Å². The molecule has 0 radical (unpaired) electrons. The molecule has 2 atom stereocenters. The average Bonchev–Trinajstić information content (AvgIpc) is 2.89. The first kappa shape index (κ1) is 14.0. The molecule has 1 aromatic heterocycles. The molecular weight excluding hydrogens is 365 g/mol. The number of hydrogen-bond acceptors (Lipinski definition) is 4. The molecule has 0 amide bonds. The Bertz CT molecular complexity index is 613. The maximum atomic E-state index is 6.51. The summed E-state index contributed by atoms with van der Waals surface area (Å²) >= 11 is 2.28. The minimum Gasteiger partial charge on any atom is -0.334 e. The quantitative estimate of drug-likeness (QED) is 0.804. The van der Waals surface area contributed by atoms with E-state index < -0.39 is 5.54 Å². The maximum absolute atomic E-state index is 6.51. The summed E-state index contributed by atoms with van der Waals surface area (Å²) in [4.78, 5) is 4.56. The number of aromatic nitrogens is 2. The highest BCUT2D eigenvalue weighted by Crippen LogP contribution is 2.37. The molecule has 3 rings (SSSR count). The summed E-state index contributed by atoms with van der Waals surface area (Å²) in [5.74, 6) is 1.83.